The van der Waals surface area contributed by atoms with E-state index in [9.17, 15) is 9.18 Å². The van der Waals surface area contributed by atoms with Gasteiger partial charge in [-0.1, -0.05) is 12.1 Å². The van der Waals surface area contributed by atoms with Gasteiger partial charge in [0.05, 0.1) is 11.2 Å². The van der Waals surface area contributed by atoms with E-state index in [2.05, 4.69) is 10.4 Å². The molecule has 2 aromatic heterocycles. The molecular formula is C23H18FN3O. The Bertz CT molecular complexity index is 1180. The molecule has 0 aliphatic heterocycles. The first kappa shape index (κ1) is 16.7. The van der Waals surface area contributed by atoms with Crippen molar-refractivity contribution in [1.29, 1.82) is 0 Å². The van der Waals surface area contributed by atoms with Crippen LogP contribution in [-0.2, 0) is 0 Å². The third-order valence-corrected chi connectivity index (χ3v) is 4.97. The third-order valence-electron chi connectivity index (χ3n) is 4.97. The molecule has 4 nitrogen and oxygen atoms in total. The van der Waals surface area contributed by atoms with Crippen LogP contribution in [0.4, 0.5) is 4.39 Å². The minimum atomic E-state index is -0.264. The van der Waals surface area contributed by atoms with Crippen LogP contribution in [0.1, 0.15) is 23.2 Å². The molecule has 2 heterocycles. The van der Waals surface area contributed by atoms with Gasteiger partial charge in [0.15, 0.2) is 0 Å². The van der Waals surface area contributed by atoms with E-state index in [1.807, 2.05) is 48.7 Å². The normalized spacial score (nSPS) is 13.6. The van der Waals surface area contributed by atoms with Crippen LogP contribution in [0.25, 0.3) is 27.9 Å². The molecule has 5 heteroatoms. The van der Waals surface area contributed by atoms with E-state index in [0.717, 1.165) is 40.7 Å². The fraction of sp³-hybridized carbons (Fsp3) is 0.130. The number of nitrogens with one attached hydrogen (secondary N) is 1. The van der Waals surface area contributed by atoms with Crippen molar-refractivity contribution < 1.29 is 9.18 Å². The van der Waals surface area contributed by atoms with Crippen LogP contribution in [0, 0.1) is 5.82 Å². The number of pyridine rings is 1. The van der Waals surface area contributed by atoms with Gasteiger partial charge in [0.25, 0.3) is 5.91 Å². The number of hydrogen-bond acceptors (Lipinski definition) is 2. The Morgan fingerprint density at radius 1 is 0.964 bits per heavy atom. The number of carbonyl (C=O) groups is 1. The molecule has 1 aliphatic carbocycles. The molecule has 0 spiro atoms. The zero-order chi connectivity index (χ0) is 19.1. The number of nitrogens with zero attached hydrogens (tertiary/aromatic N) is 2. The van der Waals surface area contributed by atoms with E-state index >= 15 is 0 Å². The summed E-state index contributed by atoms with van der Waals surface area (Å²) in [6.45, 7) is 0. The number of halogens is 1. The van der Waals surface area contributed by atoms with Gasteiger partial charge in [0.2, 0.25) is 0 Å². The van der Waals surface area contributed by atoms with Crippen LogP contribution in [0.3, 0.4) is 0 Å². The second-order valence-electron chi connectivity index (χ2n) is 7.15. The van der Waals surface area contributed by atoms with E-state index in [1.54, 1.807) is 16.6 Å². The minimum Gasteiger partial charge on any atom is -0.349 e. The van der Waals surface area contributed by atoms with Gasteiger partial charge in [-0.3, -0.25) is 4.79 Å². The minimum absolute atomic E-state index is 0.0200. The van der Waals surface area contributed by atoms with E-state index in [4.69, 9.17) is 0 Å². The predicted molar refractivity (Wildman–Crippen MR) is 107 cm³/mol. The fourth-order valence-corrected chi connectivity index (χ4v) is 3.27. The lowest BCUT2D eigenvalue weighted by atomic mass is 10.0. The first-order valence-corrected chi connectivity index (χ1v) is 9.32. The quantitative estimate of drug-likeness (QED) is 0.565. The summed E-state index contributed by atoms with van der Waals surface area (Å²) in [6, 6.07) is 20.3. The number of rotatable bonds is 4. The van der Waals surface area contributed by atoms with Crippen LogP contribution in [0.2, 0.25) is 0 Å². The van der Waals surface area contributed by atoms with Crippen molar-refractivity contribution in [3.8, 4) is 22.4 Å². The van der Waals surface area contributed by atoms with Gasteiger partial charge in [-0.2, -0.15) is 5.10 Å². The van der Waals surface area contributed by atoms with Crippen molar-refractivity contribution in [2.45, 2.75) is 18.9 Å². The molecule has 1 amide bonds. The Kier molecular flexibility index (Phi) is 3.93. The standard InChI is InChI=1S/C23H18FN3O/c24-19-6-4-15(5-7-19)22-14-21-13-17(10-11-27(21)26-22)16-2-1-3-18(12-16)23(28)25-20-8-9-20/h1-7,10-14,20H,8-9H2,(H,25,28). The molecule has 1 aliphatic rings. The molecule has 0 saturated heterocycles. The first-order chi connectivity index (χ1) is 13.7. The summed E-state index contributed by atoms with van der Waals surface area (Å²) >= 11 is 0. The zero-order valence-electron chi connectivity index (χ0n) is 15.1. The summed E-state index contributed by atoms with van der Waals surface area (Å²) < 4.78 is 15.0. The van der Waals surface area contributed by atoms with E-state index in [-0.39, 0.29) is 11.7 Å². The summed E-state index contributed by atoms with van der Waals surface area (Å²) in [5.41, 5.74) is 5.25. The number of hydrogen-bond donors (Lipinski definition) is 1. The number of amides is 1. The highest BCUT2D eigenvalue weighted by Gasteiger charge is 2.23. The maximum atomic E-state index is 13.2. The van der Waals surface area contributed by atoms with E-state index < -0.39 is 0 Å². The summed E-state index contributed by atoms with van der Waals surface area (Å²) in [4.78, 5) is 12.3. The Labute approximate surface area is 161 Å². The maximum absolute atomic E-state index is 13.2. The summed E-state index contributed by atoms with van der Waals surface area (Å²) in [6.07, 6.45) is 4.04. The van der Waals surface area contributed by atoms with Crippen LogP contribution in [0.15, 0.2) is 72.9 Å². The molecule has 1 N–H and O–H groups in total. The fourth-order valence-electron chi connectivity index (χ4n) is 3.27. The molecule has 2 aromatic carbocycles. The lowest BCUT2D eigenvalue weighted by Crippen LogP contribution is -2.25. The Morgan fingerprint density at radius 2 is 1.75 bits per heavy atom. The molecule has 1 saturated carbocycles. The van der Waals surface area contributed by atoms with Gasteiger partial charge in [-0.25, -0.2) is 8.91 Å². The number of benzene rings is 2. The molecule has 5 rings (SSSR count). The van der Waals surface area contributed by atoms with Gasteiger partial charge in [-0.15, -0.1) is 0 Å². The average molecular weight is 371 g/mol. The van der Waals surface area contributed by atoms with Gasteiger partial charge in [0, 0.05) is 23.4 Å². The lowest BCUT2D eigenvalue weighted by Gasteiger charge is -2.07. The van der Waals surface area contributed by atoms with Gasteiger partial charge >= 0.3 is 0 Å². The number of carbonyl (C=O) groups excluding carboxylic acids is 1. The van der Waals surface area contributed by atoms with Gasteiger partial charge in [-0.05, 0) is 78.6 Å². The summed E-state index contributed by atoms with van der Waals surface area (Å²) in [5.74, 6) is -0.284. The topological polar surface area (TPSA) is 46.4 Å². The number of fused-ring (bicyclic) bond motifs is 1. The van der Waals surface area contributed by atoms with Crippen molar-refractivity contribution in [3.05, 3.63) is 84.3 Å². The molecule has 4 aromatic rings. The SMILES string of the molecule is O=C(NC1CC1)c1cccc(-c2ccn3nc(-c4ccc(F)cc4)cc3c2)c1. The lowest BCUT2D eigenvalue weighted by molar-refractivity contribution is 0.0951. The summed E-state index contributed by atoms with van der Waals surface area (Å²) in [5, 5.41) is 7.59. The van der Waals surface area contributed by atoms with Gasteiger partial charge in [0.1, 0.15) is 5.82 Å². The average Bonchev–Trinajstić information content (AvgIpc) is 3.43. The maximum Gasteiger partial charge on any atom is 0.251 e. The van der Waals surface area contributed by atoms with Crippen LogP contribution in [-0.4, -0.2) is 21.6 Å². The van der Waals surface area contributed by atoms with Crippen molar-refractivity contribution in [2.75, 3.05) is 0 Å². The molecule has 28 heavy (non-hydrogen) atoms. The highest BCUT2D eigenvalue weighted by molar-refractivity contribution is 5.95. The van der Waals surface area contributed by atoms with Crippen LogP contribution < -0.4 is 5.32 Å². The highest BCUT2D eigenvalue weighted by Crippen LogP contribution is 2.26. The Balaban J connectivity index is 1.47. The molecular weight excluding hydrogens is 353 g/mol. The molecule has 0 bridgehead atoms. The monoisotopic (exact) mass is 371 g/mol. The second-order valence-corrected chi connectivity index (χ2v) is 7.15. The molecule has 138 valence electrons. The summed E-state index contributed by atoms with van der Waals surface area (Å²) in [7, 11) is 0. The first-order valence-electron chi connectivity index (χ1n) is 9.32. The van der Waals surface area contributed by atoms with E-state index in [1.165, 1.54) is 12.1 Å². The predicted octanol–water partition coefficient (Wildman–Crippen LogP) is 4.70. The van der Waals surface area contributed by atoms with Crippen molar-refractivity contribution >= 4 is 11.4 Å². The highest BCUT2D eigenvalue weighted by atomic mass is 19.1. The largest absolute Gasteiger partial charge is 0.349 e. The van der Waals surface area contributed by atoms with Crippen molar-refractivity contribution in [1.82, 2.24) is 14.9 Å². The second kappa shape index (κ2) is 6.60. The molecule has 0 atom stereocenters. The Morgan fingerprint density at radius 3 is 2.54 bits per heavy atom. The molecule has 1 fully saturated rings. The van der Waals surface area contributed by atoms with Crippen molar-refractivity contribution in [3.63, 3.8) is 0 Å². The number of aromatic nitrogens is 2. The molecule has 0 radical (unpaired) electrons. The third kappa shape index (κ3) is 3.27. The zero-order valence-corrected chi connectivity index (χ0v) is 15.1. The van der Waals surface area contributed by atoms with Crippen LogP contribution >= 0.6 is 0 Å². The molecule has 0 unspecified atom stereocenters. The Hall–Kier alpha value is -3.47. The smallest absolute Gasteiger partial charge is 0.251 e. The van der Waals surface area contributed by atoms with Crippen molar-refractivity contribution in [2.24, 2.45) is 0 Å². The van der Waals surface area contributed by atoms with Crippen LogP contribution in [0.5, 0.6) is 0 Å². The van der Waals surface area contributed by atoms with Gasteiger partial charge < -0.3 is 5.32 Å². The van der Waals surface area contributed by atoms with E-state index in [0.29, 0.717) is 11.6 Å².